The first-order chi connectivity index (χ1) is 9.75. The molecule has 0 fully saturated rings. The van der Waals surface area contributed by atoms with Gasteiger partial charge in [-0.15, -0.1) is 24.0 Å². The molecule has 0 saturated carbocycles. The first kappa shape index (κ1) is 18.0. The van der Waals surface area contributed by atoms with E-state index in [9.17, 15) is 0 Å². The van der Waals surface area contributed by atoms with Gasteiger partial charge in [-0.2, -0.15) is 0 Å². The summed E-state index contributed by atoms with van der Waals surface area (Å²) in [7, 11) is 4.09. The molecule has 118 valence electrons. The van der Waals surface area contributed by atoms with Crippen LogP contribution in [0.5, 0.6) is 5.75 Å². The van der Waals surface area contributed by atoms with Gasteiger partial charge in [0.1, 0.15) is 12.4 Å². The Balaban J connectivity index is 0.00000220. The first-order valence-electron chi connectivity index (χ1n) is 7.13. The Kier molecular flexibility index (Phi) is 8.44. The van der Waals surface area contributed by atoms with E-state index in [0.29, 0.717) is 6.61 Å². The van der Waals surface area contributed by atoms with Gasteiger partial charge in [0.15, 0.2) is 5.96 Å². The number of likely N-dealkylation sites (N-methyl/N-ethyl adjacent to an activating group) is 1. The second-order valence-electron chi connectivity index (χ2n) is 5.12. The maximum Gasteiger partial charge on any atom is 0.191 e. The number of para-hydroxylation sites is 1. The van der Waals surface area contributed by atoms with Crippen LogP contribution in [-0.4, -0.2) is 51.2 Å². The topological polar surface area (TPSA) is 48.9 Å². The van der Waals surface area contributed by atoms with E-state index in [1.165, 1.54) is 0 Å². The second-order valence-corrected chi connectivity index (χ2v) is 5.12. The normalized spacial score (nSPS) is 14.0. The highest BCUT2D eigenvalue weighted by atomic mass is 127. The number of nitrogens with zero attached hydrogens (tertiary/aromatic N) is 2. The van der Waals surface area contributed by atoms with Crippen LogP contribution in [0, 0.1) is 0 Å². The van der Waals surface area contributed by atoms with E-state index >= 15 is 0 Å². The zero-order valence-corrected chi connectivity index (χ0v) is 15.1. The van der Waals surface area contributed by atoms with Gasteiger partial charge in [-0.05, 0) is 26.6 Å². The van der Waals surface area contributed by atoms with Crippen molar-refractivity contribution in [2.75, 3.05) is 40.3 Å². The Morgan fingerprint density at radius 1 is 1.33 bits per heavy atom. The number of hydrogen-bond acceptors (Lipinski definition) is 5. The maximum atomic E-state index is 5.85. The number of guanidine groups is 1. The summed E-state index contributed by atoms with van der Waals surface area (Å²) in [6.45, 7) is 4.23. The summed E-state index contributed by atoms with van der Waals surface area (Å²) in [6, 6.07) is 8.14. The van der Waals surface area contributed by atoms with Crippen LogP contribution in [0.25, 0.3) is 0 Å². The fraction of sp³-hybridized carbons (Fsp3) is 0.533. The van der Waals surface area contributed by atoms with E-state index in [4.69, 9.17) is 4.74 Å². The summed E-state index contributed by atoms with van der Waals surface area (Å²) in [5, 5.41) is 6.58. The Labute approximate surface area is 144 Å². The highest BCUT2D eigenvalue weighted by molar-refractivity contribution is 14.0. The number of aliphatic imine (C=N–C) groups is 1. The van der Waals surface area contributed by atoms with Crippen molar-refractivity contribution >= 4 is 29.9 Å². The molecule has 21 heavy (non-hydrogen) atoms. The zero-order valence-electron chi connectivity index (χ0n) is 12.8. The van der Waals surface area contributed by atoms with Crippen molar-refractivity contribution in [3.05, 3.63) is 29.8 Å². The van der Waals surface area contributed by atoms with Crippen LogP contribution in [-0.2, 0) is 6.54 Å². The Bertz CT molecular complexity index is 451. The predicted molar refractivity (Wildman–Crippen MR) is 97.7 cm³/mol. The standard InChI is InChI=1S/C15H24N4O.HI/c1-19(2)10-11-20-14-7-4-3-6-13(14)12-18-15-16-8-5-9-17-15;/h3-4,6-7H,5,8-12H2,1-2H3,(H2,16,17,18);1H. The lowest BCUT2D eigenvalue weighted by Gasteiger charge is -2.18. The number of rotatable bonds is 6. The highest BCUT2D eigenvalue weighted by Gasteiger charge is 2.06. The fourth-order valence-electron chi connectivity index (χ4n) is 1.96. The van der Waals surface area contributed by atoms with Crippen LogP contribution in [0.2, 0.25) is 0 Å². The molecule has 1 heterocycles. The molecule has 0 atom stereocenters. The lowest BCUT2D eigenvalue weighted by atomic mass is 10.2. The quantitative estimate of drug-likeness (QED) is 0.709. The van der Waals surface area contributed by atoms with Crippen molar-refractivity contribution in [2.24, 2.45) is 4.99 Å². The predicted octanol–water partition coefficient (Wildman–Crippen LogP) is 1.68. The van der Waals surface area contributed by atoms with Crippen LogP contribution in [0.15, 0.2) is 29.3 Å². The molecule has 2 N–H and O–H groups in total. The number of hydrogen-bond donors (Lipinski definition) is 2. The smallest absolute Gasteiger partial charge is 0.191 e. The zero-order chi connectivity index (χ0) is 14.2. The van der Waals surface area contributed by atoms with E-state index in [1.54, 1.807) is 0 Å². The molecular weight excluding hydrogens is 379 g/mol. The molecule has 1 aliphatic heterocycles. The Hall–Kier alpha value is -1.02. The van der Waals surface area contributed by atoms with Gasteiger partial charge in [0.2, 0.25) is 0 Å². The monoisotopic (exact) mass is 404 g/mol. The molecule has 0 spiro atoms. The molecule has 0 radical (unpaired) electrons. The van der Waals surface area contributed by atoms with Crippen molar-refractivity contribution in [1.82, 2.24) is 15.5 Å². The molecule has 1 aromatic carbocycles. The van der Waals surface area contributed by atoms with Gasteiger partial charge < -0.3 is 20.3 Å². The second kappa shape index (κ2) is 9.83. The molecule has 5 nitrogen and oxygen atoms in total. The minimum Gasteiger partial charge on any atom is -0.492 e. The minimum atomic E-state index is 0. The molecule has 0 amide bonds. The number of ether oxygens (including phenoxy) is 1. The summed E-state index contributed by atoms with van der Waals surface area (Å²) >= 11 is 0. The van der Waals surface area contributed by atoms with Crippen LogP contribution in [0.3, 0.4) is 0 Å². The summed E-state index contributed by atoms with van der Waals surface area (Å²) < 4.78 is 5.85. The van der Waals surface area contributed by atoms with Crippen LogP contribution >= 0.6 is 24.0 Å². The molecule has 0 saturated heterocycles. The summed E-state index contributed by atoms with van der Waals surface area (Å²) in [5.74, 6) is 1.83. The summed E-state index contributed by atoms with van der Waals surface area (Å²) in [4.78, 5) is 6.52. The molecule has 2 rings (SSSR count). The third kappa shape index (κ3) is 6.52. The molecule has 0 aromatic heterocycles. The Morgan fingerprint density at radius 3 is 2.86 bits per heavy atom. The van der Waals surface area contributed by atoms with Gasteiger partial charge in [0.05, 0.1) is 0 Å². The van der Waals surface area contributed by atoms with E-state index in [0.717, 1.165) is 49.9 Å². The SMILES string of the molecule is CN(C)CCOc1ccccc1CNC1=NCCCN1.I. The number of benzene rings is 1. The fourth-order valence-corrected chi connectivity index (χ4v) is 1.96. The van der Waals surface area contributed by atoms with Crippen LogP contribution in [0.1, 0.15) is 12.0 Å². The van der Waals surface area contributed by atoms with Gasteiger partial charge in [-0.25, -0.2) is 0 Å². The van der Waals surface area contributed by atoms with E-state index in [-0.39, 0.29) is 24.0 Å². The molecule has 1 aromatic rings. The van der Waals surface area contributed by atoms with Gasteiger partial charge in [0.25, 0.3) is 0 Å². The van der Waals surface area contributed by atoms with Crippen LogP contribution in [0.4, 0.5) is 0 Å². The van der Waals surface area contributed by atoms with Gasteiger partial charge >= 0.3 is 0 Å². The van der Waals surface area contributed by atoms with Gasteiger partial charge in [-0.3, -0.25) is 4.99 Å². The largest absolute Gasteiger partial charge is 0.492 e. The van der Waals surface area contributed by atoms with Gasteiger partial charge in [0, 0.05) is 31.7 Å². The van der Waals surface area contributed by atoms with Crippen LogP contribution < -0.4 is 15.4 Å². The van der Waals surface area contributed by atoms with Crippen molar-refractivity contribution in [3.8, 4) is 5.75 Å². The molecular formula is C15H25IN4O. The van der Waals surface area contributed by atoms with Gasteiger partial charge in [-0.1, -0.05) is 18.2 Å². The third-order valence-electron chi connectivity index (χ3n) is 3.11. The van der Waals surface area contributed by atoms with Crippen molar-refractivity contribution in [2.45, 2.75) is 13.0 Å². The summed E-state index contributed by atoms with van der Waals surface area (Å²) in [6.07, 6.45) is 1.11. The maximum absolute atomic E-state index is 5.85. The Morgan fingerprint density at radius 2 is 2.14 bits per heavy atom. The number of nitrogens with one attached hydrogen (secondary N) is 2. The lowest BCUT2D eigenvalue weighted by Crippen LogP contribution is -2.40. The van der Waals surface area contributed by atoms with E-state index in [1.807, 2.05) is 32.3 Å². The minimum absolute atomic E-state index is 0. The molecule has 0 bridgehead atoms. The van der Waals surface area contributed by atoms with E-state index in [2.05, 4.69) is 26.6 Å². The molecule has 0 aliphatic carbocycles. The first-order valence-corrected chi connectivity index (χ1v) is 7.13. The molecule has 6 heteroatoms. The molecule has 0 unspecified atom stereocenters. The number of halogens is 1. The van der Waals surface area contributed by atoms with Crippen molar-refractivity contribution in [1.29, 1.82) is 0 Å². The molecule has 1 aliphatic rings. The average molecular weight is 404 g/mol. The van der Waals surface area contributed by atoms with Crippen molar-refractivity contribution < 1.29 is 4.74 Å². The van der Waals surface area contributed by atoms with E-state index < -0.39 is 0 Å². The highest BCUT2D eigenvalue weighted by Crippen LogP contribution is 2.17. The third-order valence-corrected chi connectivity index (χ3v) is 3.11. The lowest BCUT2D eigenvalue weighted by molar-refractivity contribution is 0.259. The van der Waals surface area contributed by atoms with Crippen molar-refractivity contribution in [3.63, 3.8) is 0 Å². The average Bonchev–Trinajstić information content (AvgIpc) is 2.47. The summed E-state index contributed by atoms with van der Waals surface area (Å²) in [5.41, 5.74) is 1.15.